The molecule has 14 heavy (non-hydrogen) atoms. The molecule has 1 aromatic rings. The van der Waals surface area contributed by atoms with E-state index in [-0.39, 0.29) is 5.97 Å². The van der Waals surface area contributed by atoms with Gasteiger partial charge in [0.25, 0.3) is 0 Å². The van der Waals surface area contributed by atoms with Crippen molar-refractivity contribution in [2.45, 2.75) is 6.42 Å². The van der Waals surface area contributed by atoms with E-state index in [0.717, 1.165) is 13.0 Å². The summed E-state index contributed by atoms with van der Waals surface area (Å²) in [6.07, 6.45) is 0.916. The van der Waals surface area contributed by atoms with E-state index < -0.39 is 0 Å². The second-order valence-electron chi connectivity index (χ2n) is 3.42. The second-order valence-corrected chi connectivity index (χ2v) is 4.37. The maximum atomic E-state index is 11.3. The SMILES string of the molecule is C[NH+](C)CCCOC(=O)c1cccs1. The average molecular weight is 214 g/mol. The Hall–Kier alpha value is -0.870. The molecule has 0 unspecified atom stereocenters. The molecule has 3 nitrogen and oxygen atoms in total. The smallest absolute Gasteiger partial charge is 0.348 e. The summed E-state index contributed by atoms with van der Waals surface area (Å²) in [5, 5.41) is 1.88. The van der Waals surface area contributed by atoms with Crippen molar-refractivity contribution in [1.29, 1.82) is 0 Å². The molecule has 0 aliphatic carbocycles. The predicted molar refractivity (Wildman–Crippen MR) is 56.9 cm³/mol. The molecule has 4 heteroatoms. The van der Waals surface area contributed by atoms with Gasteiger partial charge in [-0.25, -0.2) is 4.79 Å². The van der Waals surface area contributed by atoms with Crippen molar-refractivity contribution < 1.29 is 14.4 Å². The summed E-state index contributed by atoms with van der Waals surface area (Å²) in [4.78, 5) is 13.4. The van der Waals surface area contributed by atoms with E-state index in [1.54, 1.807) is 6.07 Å². The van der Waals surface area contributed by atoms with E-state index >= 15 is 0 Å². The molecular weight excluding hydrogens is 198 g/mol. The molecule has 0 aliphatic heterocycles. The Morgan fingerprint density at radius 3 is 2.93 bits per heavy atom. The molecule has 0 saturated heterocycles. The molecule has 0 aliphatic rings. The molecule has 0 spiro atoms. The lowest BCUT2D eigenvalue weighted by Crippen LogP contribution is -3.05. The van der Waals surface area contributed by atoms with Gasteiger partial charge in [-0.3, -0.25) is 0 Å². The van der Waals surface area contributed by atoms with E-state index in [1.807, 2.05) is 11.4 Å². The van der Waals surface area contributed by atoms with Crippen LogP contribution >= 0.6 is 11.3 Å². The van der Waals surface area contributed by atoms with Crippen LogP contribution in [0.25, 0.3) is 0 Å². The van der Waals surface area contributed by atoms with Crippen molar-refractivity contribution in [3.63, 3.8) is 0 Å². The summed E-state index contributed by atoms with van der Waals surface area (Å²) in [6, 6.07) is 3.63. The van der Waals surface area contributed by atoms with Gasteiger partial charge in [0, 0.05) is 6.42 Å². The third-order valence-corrected chi connectivity index (χ3v) is 2.63. The Morgan fingerprint density at radius 2 is 2.36 bits per heavy atom. The summed E-state index contributed by atoms with van der Waals surface area (Å²) in [5.41, 5.74) is 0. The minimum Gasteiger partial charge on any atom is -0.461 e. The van der Waals surface area contributed by atoms with Crippen LogP contribution in [0.1, 0.15) is 16.1 Å². The van der Waals surface area contributed by atoms with Crippen LogP contribution in [0, 0.1) is 0 Å². The van der Waals surface area contributed by atoms with E-state index in [0.29, 0.717) is 11.5 Å². The zero-order valence-electron chi connectivity index (χ0n) is 8.58. The lowest BCUT2D eigenvalue weighted by Gasteiger charge is -2.06. The first-order valence-electron chi connectivity index (χ1n) is 4.70. The van der Waals surface area contributed by atoms with Gasteiger partial charge >= 0.3 is 5.97 Å². The Balaban J connectivity index is 2.16. The quantitative estimate of drug-likeness (QED) is 0.569. The van der Waals surface area contributed by atoms with Gasteiger partial charge in [0.15, 0.2) is 0 Å². The minimum absolute atomic E-state index is 0.200. The number of nitrogens with one attached hydrogen (secondary N) is 1. The fourth-order valence-corrected chi connectivity index (χ4v) is 1.67. The molecule has 1 N–H and O–H groups in total. The van der Waals surface area contributed by atoms with E-state index in [1.165, 1.54) is 16.2 Å². The van der Waals surface area contributed by atoms with Gasteiger partial charge in [0.05, 0.1) is 27.2 Å². The highest BCUT2D eigenvalue weighted by atomic mass is 32.1. The molecule has 0 saturated carbocycles. The number of carbonyl (C=O) groups excluding carboxylic acids is 1. The van der Waals surface area contributed by atoms with Crippen LogP contribution in [-0.2, 0) is 4.74 Å². The van der Waals surface area contributed by atoms with Crippen LogP contribution in [0.5, 0.6) is 0 Å². The van der Waals surface area contributed by atoms with E-state index in [2.05, 4.69) is 14.1 Å². The zero-order valence-corrected chi connectivity index (χ0v) is 9.39. The van der Waals surface area contributed by atoms with Crippen LogP contribution in [-0.4, -0.2) is 33.2 Å². The highest BCUT2D eigenvalue weighted by Gasteiger charge is 2.07. The van der Waals surface area contributed by atoms with Gasteiger partial charge in [-0.2, -0.15) is 0 Å². The first-order valence-corrected chi connectivity index (χ1v) is 5.58. The molecule has 1 rings (SSSR count). The molecule has 0 amide bonds. The van der Waals surface area contributed by atoms with Crippen LogP contribution in [0.15, 0.2) is 17.5 Å². The molecule has 1 aromatic heterocycles. The maximum absolute atomic E-state index is 11.3. The summed E-state index contributed by atoms with van der Waals surface area (Å²) < 4.78 is 5.09. The van der Waals surface area contributed by atoms with Crippen molar-refractivity contribution in [3.05, 3.63) is 22.4 Å². The average Bonchev–Trinajstić information content (AvgIpc) is 2.64. The number of ether oxygens (including phenoxy) is 1. The molecule has 1 heterocycles. The van der Waals surface area contributed by atoms with Crippen LogP contribution in [0.2, 0.25) is 0 Å². The zero-order chi connectivity index (χ0) is 10.4. The lowest BCUT2D eigenvalue weighted by atomic mass is 10.4. The Bertz CT molecular complexity index is 270. The number of thiophene rings is 1. The normalized spacial score (nSPS) is 10.5. The summed E-state index contributed by atoms with van der Waals surface area (Å²) >= 11 is 1.42. The van der Waals surface area contributed by atoms with Gasteiger partial charge < -0.3 is 9.64 Å². The highest BCUT2D eigenvalue weighted by molar-refractivity contribution is 7.11. The molecule has 0 fully saturated rings. The van der Waals surface area contributed by atoms with Gasteiger partial charge in [-0.05, 0) is 11.4 Å². The third kappa shape index (κ3) is 3.89. The Morgan fingerprint density at radius 1 is 1.57 bits per heavy atom. The van der Waals surface area contributed by atoms with Crippen LogP contribution in [0.3, 0.4) is 0 Å². The van der Waals surface area contributed by atoms with Crippen molar-refractivity contribution in [2.75, 3.05) is 27.2 Å². The monoisotopic (exact) mass is 214 g/mol. The largest absolute Gasteiger partial charge is 0.461 e. The summed E-state index contributed by atoms with van der Waals surface area (Å²) in [7, 11) is 4.17. The summed E-state index contributed by atoms with van der Waals surface area (Å²) in [5.74, 6) is -0.200. The molecule has 78 valence electrons. The molecule has 0 aromatic carbocycles. The van der Waals surface area contributed by atoms with Gasteiger partial charge in [0.2, 0.25) is 0 Å². The molecular formula is C10H16NO2S+. The summed E-state index contributed by atoms with van der Waals surface area (Å²) in [6.45, 7) is 1.54. The number of esters is 1. The van der Waals surface area contributed by atoms with Gasteiger partial charge in [-0.1, -0.05) is 6.07 Å². The molecule has 0 bridgehead atoms. The fraction of sp³-hybridized carbons (Fsp3) is 0.500. The molecule has 0 atom stereocenters. The second kappa shape index (κ2) is 5.78. The van der Waals surface area contributed by atoms with Gasteiger partial charge in [0.1, 0.15) is 4.88 Å². The standard InChI is InChI=1S/C10H15NO2S/c1-11(2)6-4-7-13-10(12)9-5-3-8-14-9/h3,5,8H,4,6-7H2,1-2H3/p+1. The topological polar surface area (TPSA) is 30.7 Å². The van der Waals surface area contributed by atoms with E-state index in [4.69, 9.17) is 4.74 Å². The van der Waals surface area contributed by atoms with E-state index in [9.17, 15) is 4.79 Å². The Kier molecular flexibility index (Phi) is 4.62. The van der Waals surface area contributed by atoms with Crippen molar-refractivity contribution in [2.24, 2.45) is 0 Å². The minimum atomic E-state index is -0.200. The lowest BCUT2D eigenvalue weighted by molar-refractivity contribution is -0.858. The van der Waals surface area contributed by atoms with Crippen LogP contribution in [0.4, 0.5) is 0 Å². The number of hydrogen-bond donors (Lipinski definition) is 1. The Labute approximate surface area is 88.3 Å². The first-order chi connectivity index (χ1) is 6.70. The number of carbonyl (C=O) groups is 1. The fourth-order valence-electron chi connectivity index (χ4n) is 1.06. The predicted octanol–water partition coefficient (Wildman–Crippen LogP) is 0.440. The molecule has 0 radical (unpaired) electrons. The highest BCUT2D eigenvalue weighted by Crippen LogP contribution is 2.09. The number of hydrogen-bond acceptors (Lipinski definition) is 3. The van der Waals surface area contributed by atoms with Crippen LogP contribution < -0.4 is 4.90 Å². The van der Waals surface area contributed by atoms with Crippen molar-refractivity contribution in [3.8, 4) is 0 Å². The third-order valence-electron chi connectivity index (χ3n) is 1.78. The number of quaternary nitrogens is 1. The number of rotatable bonds is 5. The van der Waals surface area contributed by atoms with Crippen molar-refractivity contribution >= 4 is 17.3 Å². The maximum Gasteiger partial charge on any atom is 0.348 e. The van der Waals surface area contributed by atoms with Crippen molar-refractivity contribution in [1.82, 2.24) is 0 Å². The first kappa shape index (κ1) is 11.2. The van der Waals surface area contributed by atoms with Gasteiger partial charge in [-0.15, -0.1) is 11.3 Å².